The van der Waals surface area contributed by atoms with Crippen molar-refractivity contribution >= 4 is 15.9 Å². The highest BCUT2D eigenvalue weighted by Gasteiger charge is 1.96. The van der Waals surface area contributed by atoms with Crippen LogP contribution in [0.3, 0.4) is 0 Å². The van der Waals surface area contributed by atoms with Crippen LogP contribution in [0.2, 0.25) is 0 Å². The number of ether oxygens (including phenoxy) is 1. The van der Waals surface area contributed by atoms with Crippen LogP contribution in [-0.4, -0.2) is 6.61 Å². The molecule has 0 radical (unpaired) electrons. The molecule has 0 spiro atoms. The maximum atomic E-state index is 5.80. The van der Waals surface area contributed by atoms with E-state index in [9.17, 15) is 0 Å². The molecular formula is C19H31BrO. The molecule has 0 fully saturated rings. The molecule has 2 heteroatoms. The summed E-state index contributed by atoms with van der Waals surface area (Å²) in [5.74, 6) is 1.00. The molecule has 0 saturated carbocycles. The van der Waals surface area contributed by atoms with Crippen LogP contribution >= 0.6 is 15.9 Å². The topological polar surface area (TPSA) is 9.23 Å². The van der Waals surface area contributed by atoms with E-state index in [1.165, 1.54) is 69.8 Å². The Morgan fingerprint density at radius 3 is 2.10 bits per heavy atom. The van der Waals surface area contributed by atoms with Crippen molar-refractivity contribution in [3.8, 4) is 5.75 Å². The highest BCUT2D eigenvalue weighted by molar-refractivity contribution is 9.08. The molecule has 0 aliphatic rings. The lowest BCUT2D eigenvalue weighted by atomic mass is 10.1. The number of hydrogen-bond acceptors (Lipinski definition) is 1. The van der Waals surface area contributed by atoms with E-state index in [0.717, 1.165) is 17.7 Å². The van der Waals surface area contributed by atoms with E-state index in [-0.39, 0.29) is 0 Å². The van der Waals surface area contributed by atoms with Gasteiger partial charge in [0.1, 0.15) is 5.75 Å². The fourth-order valence-corrected chi connectivity index (χ4v) is 2.85. The molecule has 0 aliphatic carbocycles. The third kappa shape index (κ3) is 9.95. The van der Waals surface area contributed by atoms with Crippen molar-refractivity contribution in [3.63, 3.8) is 0 Å². The lowest BCUT2D eigenvalue weighted by Crippen LogP contribution is -1.97. The first-order valence-corrected chi connectivity index (χ1v) is 9.76. The third-order valence-electron chi connectivity index (χ3n) is 3.82. The van der Waals surface area contributed by atoms with Crippen molar-refractivity contribution in [2.45, 2.75) is 76.5 Å². The molecule has 21 heavy (non-hydrogen) atoms. The van der Waals surface area contributed by atoms with E-state index in [1.54, 1.807) is 0 Å². The highest BCUT2D eigenvalue weighted by Crippen LogP contribution is 2.16. The maximum Gasteiger partial charge on any atom is 0.119 e. The SMILES string of the molecule is CCCCCCCCCCCCOc1cccc(CBr)c1. The van der Waals surface area contributed by atoms with Crippen LogP contribution in [0.4, 0.5) is 0 Å². The van der Waals surface area contributed by atoms with Crippen molar-refractivity contribution in [2.24, 2.45) is 0 Å². The van der Waals surface area contributed by atoms with Crippen molar-refractivity contribution in [2.75, 3.05) is 6.61 Å². The summed E-state index contributed by atoms with van der Waals surface area (Å²) in [5.41, 5.74) is 1.27. The molecular weight excluding hydrogens is 324 g/mol. The van der Waals surface area contributed by atoms with Crippen molar-refractivity contribution in [1.29, 1.82) is 0 Å². The van der Waals surface area contributed by atoms with Gasteiger partial charge in [-0.05, 0) is 24.1 Å². The fraction of sp³-hybridized carbons (Fsp3) is 0.684. The van der Waals surface area contributed by atoms with Gasteiger partial charge in [-0.25, -0.2) is 0 Å². The Kier molecular flexibility index (Phi) is 11.6. The molecule has 0 aromatic heterocycles. The minimum atomic E-state index is 0.849. The molecule has 0 aliphatic heterocycles. The van der Waals surface area contributed by atoms with Gasteiger partial charge in [-0.3, -0.25) is 0 Å². The van der Waals surface area contributed by atoms with Gasteiger partial charge in [0.15, 0.2) is 0 Å². The van der Waals surface area contributed by atoms with Crippen molar-refractivity contribution < 1.29 is 4.74 Å². The molecule has 0 amide bonds. The van der Waals surface area contributed by atoms with Gasteiger partial charge in [0.25, 0.3) is 0 Å². The van der Waals surface area contributed by atoms with Crippen LogP contribution in [-0.2, 0) is 5.33 Å². The first kappa shape index (κ1) is 18.5. The molecule has 1 aromatic rings. The standard InChI is InChI=1S/C19H31BrO/c1-2-3-4-5-6-7-8-9-10-11-15-21-19-14-12-13-18(16-19)17-20/h12-14,16H,2-11,15,17H2,1H3. The highest BCUT2D eigenvalue weighted by atomic mass is 79.9. The molecule has 120 valence electrons. The lowest BCUT2D eigenvalue weighted by Gasteiger charge is -2.07. The second-order valence-electron chi connectivity index (χ2n) is 5.81. The number of unbranched alkanes of at least 4 members (excludes halogenated alkanes) is 9. The van der Waals surface area contributed by atoms with E-state index in [2.05, 4.69) is 41.1 Å². The van der Waals surface area contributed by atoms with Crippen LogP contribution in [0.15, 0.2) is 24.3 Å². The van der Waals surface area contributed by atoms with E-state index < -0.39 is 0 Å². The molecule has 0 unspecified atom stereocenters. The second kappa shape index (κ2) is 13.2. The number of hydrogen-bond donors (Lipinski definition) is 0. The summed E-state index contributed by atoms with van der Waals surface area (Å²) >= 11 is 3.47. The minimum absolute atomic E-state index is 0.849. The molecule has 1 aromatic carbocycles. The number of benzene rings is 1. The van der Waals surface area contributed by atoms with Gasteiger partial charge in [0.2, 0.25) is 0 Å². The van der Waals surface area contributed by atoms with E-state index in [1.807, 2.05) is 6.07 Å². The monoisotopic (exact) mass is 354 g/mol. The van der Waals surface area contributed by atoms with Crippen LogP contribution in [0, 0.1) is 0 Å². The van der Waals surface area contributed by atoms with Gasteiger partial charge < -0.3 is 4.74 Å². The van der Waals surface area contributed by atoms with Gasteiger partial charge in [-0.2, -0.15) is 0 Å². The number of alkyl halides is 1. The number of halogens is 1. The normalized spacial score (nSPS) is 10.8. The Bertz CT molecular complexity index is 351. The molecule has 0 heterocycles. The molecule has 0 saturated heterocycles. The van der Waals surface area contributed by atoms with Gasteiger partial charge in [-0.1, -0.05) is 92.8 Å². The smallest absolute Gasteiger partial charge is 0.119 e. The second-order valence-corrected chi connectivity index (χ2v) is 6.37. The van der Waals surface area contributed by atoms with Crippen molar-refractivity contribution in [3.05, 3.63) is 29.8 Å². The van der Waals surface area contributed by atoms with Gasteiger partial charge in [0.05, 0.1) is 6.61 Å². The van der Waals surface area contributed by atoms with Crippen LogP contribution in [0.5, 0.6) is 5.75 Å². The Balaban J connectivity index is 1.90. The van der Waals surface area contributed by atoms with Crippen LogP contribution in [0.1, 0.15) is 76.7 Å². The summed E-state index contributed by atoms with van der Waals surface area (Å²) in [5, 5.41) is 0.891. The van der Waals surface area contributed by atoms with E-state index in [4.69, 9.17) is 4.74 Å². The quantitative estimate of drug-likeness (QED) is 0.277. The zero-order valence-corrected chi connectivity index (χ0v) is 15.2. The van der Waals surface area contributed by atoms with Crippen molar-refractivity contribution in [1.82, 2.24) is 0 Å². The average molecular weight is 355 g/mol. The molecule has 0 N–H and O–H groups in total. The van der Waals surface area contributed by atoms with Gasteiger partial charge in [-0.15, -0.1) is 0 Å². The summed E-state index contributed by atoms with van der Waals surface area (Å²) in [7, 11) is 0. The molecule has 0 bridgehead atoms. The van der Waals surface area contributed by atoms with Gasteiger partial charge in [0, 0.05) is 5.33 Å². The molecule has 0 atom stereocenters. The largest absolute Gasteiger partial charge is 0.494 e. The van der Waals surface area contributed by atoms with Gasteiger partial charge >= 0.3 is 0 Å². The summed E-state index contributed by atoms with van der Waals surface area (Å²) in [4.78, 5) is 0. The Morgan fingerprint density at radius 2 is 1.48 bits per heavy atom. The lowest BCUT2D eigenvalue weighted by molar-refractivity contribution is 0.304. The molecule has 1 nitrogen and oxygen atoms in total. The molecule has 1 rings (SSSR count). The van der Waals surface area contributed by atoms with Crippen LogP contribution in [0.25, 0.3) is 0 Å². The predicted octanol–water partition coefficient (Wildman–Crippen LogP) is 6.88. The fourth-order valence-electron chi connectivity index (χ4n) is 2.50. The predicted molar refractivity (Wildman–Crippen MR) is 96.4 cm³/mol. The van der Waals surface area contributed by atoms with E-state index in [0.29, 0.717) is 0 Å². The van der Waals surface area contributed by atoms with E-state index >= 15 is 0 Å². The van der Waals surface area contributed by atoms with Crippen LogP contribution < -0.4 is 4.74 Å². The Hall–Kier alpha value is -0.500. The average Bonchev–Trinajstić information content (AvgIpc) is 2.53. The number of rotatable bonds is 13. The summed E-state index contributed by atoms with van der Waals surface area (Å²) in [6, 6.07) is 8.33. The zero-order chi connectivity index (χ0) is 15.2. The Morgan fingerprint density at radius 1 is 0.857 bits per heavy atom. The third-order valence-corrected chi connectivity index (χ3v) is 4.47. The Labute approximate surface area is 139 Å². The first-order valence-electron chi connectivity index (χ1n) is 8.64. The first-order chi connectivity index (χ1) is 10.4. The zero-order valence-electron chi connectivity index (χ0n) is 13.6. The maximum absolute atomic E-state index is 5.80. The summed E-state index contributed by atoms with van der Waals surface area (Å²) in [6.45, 7) is 3.13. The minimum Gasteiger partial charge on any atom is -0.494 e. The summed E-state index contributed by atoms with van der Waals surface area (Å²) < 4.78 is 5.80. The summed E-state index contributed by atoms with van der Waals surface area (Å²) in [6.07, 6.45) is 13.7.